The van der Waals surface area contributed by atoms with Crippen LogP contribution in [-0.4, -0.2) is 18.4 Å². The van der Waals surface area contributed by atoms with Gasteiger partial charge in [0.15, 0.2) is 0 Å². The Labute approximate surface area is 141 Å². The molecule has 1 aliphatic heterocycles. The molecule has 1 heterocycles. The van der Waals surface area contributed by atoms with E-state index in [1.54, 1.807) is 4.90 Å². The molecule has 4 heteroatoms. The smallest absolute Gasteiger partial charge is 0.242 e. The van der Waals surface area contributed by atoms with Crippen molar-refractivity contribution in [3.8, 4) is 0 Å². The molecule has 0 spiro atoms. The van der Waals surface area contributed by atoms with E-state index in [9.17, 15) is 9.59 Å². The van der Waals surface area contributed by atoms with Crippen LogP contribution in [0, 0.1) is 12.3 Å². The number of carbonyl (C=O) groups excluding carboxylic acids is 2. The largest absolute Gasteiger partial charge is 0.325 e. The summed E-state index contributed by atoms with van der Waals surface area (Å²) in [5.74, 6) is -0.232. The summed E-state index contributed by atoms with van der Waals surface area (Å²) < 4.78 is 0. The highest BCUT2D eigenvalue weighted by Gasteiger charge is 2.58. The molecule has 1 saturated carbocycles. The van der Waals surface area contributed by atoms with Crippen molar-refractivity contribution in [1.82, 2.24) is 0 Å². The summed E-state index contributed by atoms with van der Waals surface area (Å²) in [5.41, 5.74) is 3.03. The number of nitrogens with one attached hydrogen (secondary N) is 1. The second-order valence-corrected chi connectivity index (χ2v) is 6.69. The molecule has 0 atom stereocenters. The standard InChI is InChI=1S/C20H20N2O2/c1-14-6-2-4-8-16(14)21-18(23)20(11-12-20)19(24)22-13-10-15-7-3-5-9-17(15)22/h2-9H,10-13H2,1H3,(H,21,23). The van der Waals surface area contributed by atoms with Gasteiger partial charge in [-0.15, -0.1) is 0 Å². The first kappa shape index (κ1) is 14.9. The van der Waals surface area contributed by atoms with Crippen LogP contribution in [0.15, 0.2) is 48.5 Å². The zero-order valence-corrected chi connectivity index (χ0v) is 13.7. The van der Waals surface area contributed by atoms with Crippen molar-refractivity contribution in [3.05, 3.63) is 59.7 Å². The summed E-state index contributed by atoms with van der Waals surface area (Å²) in [6.45, 7) is 2.62. The number of benzene rings is 2. The number of amides is 2. The molecular formula is C20H20N2O2. The second-order valence-electron chi connectivity index (χ2n) is 6.69. The minimum absolute atomic E-state index is 0.0569. The Hall–Kier alpha value is -2.62. The van der Waals surface area contributed by atoms with Gasteiger partial charge in [-0.1, -0.05) is 36.4 Å². The van der Waals surface area contributed by atoms with E-state index in [0.29, 0.717) is 19.4 Å². The highest BCUT2D eigenvalue weighted by Crippen LogP contribution is 2.49. The predicted molar refractivity (Wildman–Crippen MR) is 94.0 cm³/mol. The third-order valence-corrected chi connectivity index (χ3v) is 5.12. The monoisotopic (exact) mass is 320 g/mol. The molecule has 2 aromatic carbocycles. The number of aryl methyl sites for hydroxylation is 1. The van der Waals surface area contributed by atoms with Gasteiger partial charge >= 0.3 is 0 Å². The molecule has 0 unspecified atom stereocenters. The number of rotatable bonds is 3. The molecule has 4 rings (SSSR count). The maximum atomic E-state index is 13.1. The Morgan fingerprint density at radius 3 is 2.50 bits per heavy atom. The number of hydrogen-bond acceptors (Lipinski definition) is 2. The van der Waals surface area contributed by atoms with E-state index >= 15 is 0 Å². The Morgan fingerprint density at radius 2 is 1.75 bits per heavy atom. The van der Waals surface area contributed by atoms with Crippen LogP contribution in [0.2, 0.25) is 0 Å². The third-order valence-electron chi connectivity index (χ3n) is 5.12. The van der Waals surface area contributed by atoms with Gasteiger partial charge in [-0.3, -0.25) is 9.59 Å². The topological polar surface area (TPSA) is 49.4 Å². The quantitative estimate of drug-likeness (QED) is 0.882. The Bertz CT molecular complexity index is 824. The van der Waals surface area contributed by atoms with Crippen LogP contribution in [0.5, 0.6) is 0 Å². The fourth-order valence-corrected chi connectivity index (χ4v) is 3.43. The SMILES string of the molecule is Cc1ccccc1NC(=O)C1(C(=O)N2CCc3ccccc32)CC1. The van der Waals surface area contributed by atoms with Gasteiger partial charge in [-0.05, 0) is 49.4 Å². The van der Waals surface area contributed by atoms with Crippen LogP contribution >= 0.6 is 0 Å². The van der Waals surface area contributed by atoms with Crippen molar-refractivity contribution in [2.24, 2.45) is 5.41 Å². The van der Waals surface area contributed by atoms with Gasteiger partial charge in [0.05, 0.1) is 0 Å². The molecule has 1 fully saturated rings. The zero-order valence-electron chi connectivity index (χ0n) is 13.7. The first-order valence-corrected chi connectivity index (χ1v) is 8.39. The van der Waals surface area contributed by atoms with E-state index in [2.05, 4.69) is 11.4 Å². The lowest BCUT2D eigenvalue weighted by molar-refractivity contribution is -0.132. The zero-order chi connectivity index (χ0) is 16.7. The van der Waals surface area contributed by atoms with Crippen molar-refractivity contribution in [1.29, 1.82) is 0 Å². The number of carbonyl (C=O) groups is 2. The van der Waals surface area contributed by atoms with Gasteiger partial charge < -0.3 is 10.2 Å². The lowest BCUT2D eigenvalue weighted by Crippen LogP contribution is -2.42. The van der Waals surface area contributed by atoms with Gasteiger partial charge in [0.2, 0.25) is 11.8 Å². The molecule has 24 heavy (non-hydrogen) atoms. The fraction of sp³-hybridized carbons (Fsp3) is 0.300. The van der Waals surface area contributed by atoms with Crippen molar-refractivity contribution >= 4 is 23.2 Å². The van der Waals surface area contributed by atoms with Crippen molar-refractivity contribution < 1.29 is 9.59 Å². The van der Waals surface area contributed by atoms with Crippen LogP contribution < -0.4 is 10.2 Å². The summed E-state index contributed by atoms with van der Waals surface area (Å²) in [6, 6.07) is 15.6. The first-order chi connectivity index (χ1) is 11.6. The lowest BCUT2D eigenvalue weighted by atomic mass is 10.0. The van der Waals surface area contributed by atoms with Crippen molar-refractivity contribution in [3.63, 3.8) is 0 Å². The average molecular weight is 320 g/mol. The first-order valence-electron chi connectivity index (χ1n) is 8.39. The number of hydrogen-bond donors (Lipinski definition) is 1. The molecule has 0 saturated heterocycles. The van der Waals surface area contributed by atoms with Gasteiger partial charge in [0.25, 0.3) is 0 Å². The minimum atomic E-state index is -0.889. The molecule has 0 radical (unpaired) electrons. The molecule has 1 N–H and O–H groups in total. The normalized spacial score (nSPS) is 17.3. The summed E-state index contributed by atoms with van der Waals surface area (Å²) in [6.07, 6.45) is 2.11. The second kappa shape index (κ2) is 5.48. The summed E-state index contributed by atoms with van der Waals surface area (Å²) in [4.78, 5) is 27.7. The van der Waals surface area contributed by atoms with E-state index in [1.807, 2.05) is 49.4 Å². The highest BCUT2D eigenvalue weighted by molar-refractivity contribution is 6.18. The molecule has 0 aromatic heterocycles. The Kier molecular flexibility index (Phi) is 3.41. The molecule has 0 bridgehead atoms. The number of para-hydroxylation sites is 2. The summed E-state index contributed by atoms with van der Waals surface area (Å²) in [7, 11) is 0. The maximum absolute atomic E-state index is 13.1. The van der Waals surface area contributed by atoms with Gasteiger partial charge in [-0.2, -0.15) is 0 Å². The highest BCUT2D eigenvalue weighted by atomic mass is 16.2. The lowest BCUT2D eigenvalue weighted by Gasteiger charge is -2.23. The molecular weight excluding hydrogens is 300 g/mol. The molecule has 2 aromatic rings. The average Bonchev–Trinajstić information content (AvgIpc) is 3.30. The Morgan fingerprint density at radius 1 is 1.04 bits per heavy atom. The van der Waals surface area contributed by atoms with Gasteiger partial charge in [0, 0.05) is 17.9 Å². The minimum Gasteiger partial charge on any atom is -0.325 e. The molecule has 122 valence electrons. The predicted octanol–water partition coefficient (Wildman–Crippen LogP) is 3.30. The number of anilines is 2. The van der Waals surface area contributed by atoms with E-state index < -0.39 is 5.41 Å². The van der Waals surface area contributed by atoms with Gasteiger partial charge in [0.1, 0.15) is 5.41 Å². The molecule has 2 amide bonds. The summed E-state index contributed by atoms with van der Waals surface area (Å²) >= 11 is 0. The van der Waals surface area contributed by atoms with Crippen LogP contribution in [-0.2, 0) is 16.0 Å². The summed E-state index contributed by atoms with van der Waals surface area (Å²) in [5, 5.41) is 2.95. The van der Waals surface area contributed by atoms with Crippen LogP contribution in [0.25, 0.3) is 0 Å². The number of fused-ring (bicyclic) bond motifs is 1. The van der Waals surface area contributed by atoms with Crippen LogP contribution in [0.3, 0.4) is 0 Å². The number of nitrogens with zero attached hydrogens (tertiary/aromatic N) is 1. The fourth-order valence-electron chi connectivity index (χ4n) is 3.43. The van der Waals surface area contributed by atoms with E-state index in [0.717, 1.165) is 23.4 Å². The van der Waals surface area contributed by atoms with E-state index in [-0.39, 0.29) is 11.8 Å². The third kappa shape index (κ3) is 2.30. The maximum Gasteiger partial charge on any atom is 0.242 e. The van der Waals surface area contributed by atoms with Crippen LogP contribution in [0.1, 0.15) is 24.0 Å². The van der Waals surface area contributed by atoms with E-state index in [4.69, 9.17) is 0 Å². The molecule has 4 nitrogen and oxygen atoms in total. The molecule has 1 aliphatic carbocycles. The van der Waals surface area contributed by atoms with Crippen LogP contribution in [0.4, 0.5) is 11.4 Å². The molecule has 2 aliphatic rings. The van der Waals surface area contributed by atoms with E-state index in [1.165, 1.54) is 5.56 Å². The Balaban J connectivity index is 1.56. The van der Waals surface area contributed by atoms with Gasteiger partial charge in [-0.25, -0.2) is 0 Å². The van der Waals surface area contributed by atoms with Crippen molar-refractivity contribution in [2.75, 3.05) is 16.8 Å². The van der Waals surface area contributed by atoms with Crippen molar-refractivity contribution in [2.45, 2.75) is 26.2 Å².